The molecule has 1 N–H and O–H groups in total. The van der Waals surface area contributed by atoms with Crippen molar-refractivity contribution in [3.63, 3.8) is 0 Å². The fourth-order valence-electron chi connectivity index (χ4n) is 5.30. The Morgan fingerprint density at radius 2 is 1.97 bits per heavy atom. The molecule has 8 nitrogen and oxygen atoms in total. The van der Waals surface area contributed by atoms with Crippen LogP contribution in [0.15, 0.2) is 15.3 Å². The van der Waals surface area contributed by atoms with Gasteiger partial charge in [-0.15, -0.1) is 0 Å². The second-order valence-electron chi connectivity index (χ2n) is 9.92. The van der Waals surface area contributed by atoms with E-state index < -0.39 is 11.9 Å². The number of aliphatic carboxylic acids is 1. The molecule has 176 valence electrons. The molecule has 1 atom stereocenters. The molecule has 1 aromatic carbocycles. The number of carbonyl (C=O) groups excluding carboxylic acids is 1. The quantitative estimate of drug-likeness (QED) is 0.706. The van der Waals surface area contributed by atoms with Gasteiger partial charge >= 0.3 is 11.6 Å². The van der Waals surface area contributed by atoms with Crippen LogP contribution in [0, 0.1) is 5.92 Å². The highest BCUT2D eigenvalue weighted by molar-refractivity contribution is 5.93. The van der Waals surface area contributed by atoms with Gasteiger partial charge in [0.1, 0.15) is 22.7 Å². The predicted molar refractivity (Wildman–Crippen MR) is 120 cm³/mol. The molecular formula is C25H29NO7. The number of likely N-dealkylation sites (tertiary alicyclic amines) is 1. The van der Waals surface area contributed by atoms with Gasteiger partial charge in [-0.05, 0) is 64.4 Å². The SMILES string of the molecule is CC1(C)CCc2c(cc(OCC(=O)N3CCCC(C(=O)O)C3)c3c4c(c(=O)oc23)CCC4)O1. The molecule has 0 saturated carbocycles. The number of amides is 1. The smallest absolute Gasteiger partial charge is 0.339 e. The van der Waals surface area contributed by atoms with Crippen molar-refractivity contribution in [1.29, 1.82) is 0 Å². The van der Waals surface area contributed by atoms with Gasteiger partial charge in [0.2, 0.25) is 0 Å². The maximum Gasteiger partial charge on any atom is 0.339 e. The third-order valence-corrected chi connectivity index (χ3v) is 7.11. The first-order valence-electron chi connectivity index (χ1n) is 11.7. The van der Waals surface area contributed by atoms with Gasteiger partial charge in [0, 0.05) is 30.3 Å². The highest BCUT2D eigenvalue weighted by Gasteiger charge is 2.33. The zero-order valence-electron chi connectivity index (χ0n) is 19.1. The maximum atomic E-state index is 12.9. The Hall–Kier alpha value is -3.03. The van der Waals surface area contributed by atoms with Gasteiger partial charge in [-0.25, -0.2) is 4.79 Å². The number of nitrogens with zero attached hydrogens (tertiary/aromatic N) is 1. The van der Waals surface area contributed by atoms with E-state index in [4.69, 9.17) is 13.9 Å². The topological polar surface area (TPSA) is 106 Å². The largest absolute Gasteiger partial charge is 0.487 e. The molecule has 33 heavy (non-hydrogen) atoms. The minimum absolute atomic E-state index is 0.198. The second-order valence-corrected chi connectivity index (χ2v) is 9.92. The monoisotopic (exact) mass is 455 g/mol. The molecule has 1 unspecified atom stereocenters. The van der Waals surface area contributed by atoms with Crippen molar-refractivity contribution < 1.29 is 28.6 Å². The number of piperidine rings is 1. The fraction of sp³-hybridized carbons (Fsp3) is 0.560. The van der Waals surface area contributed by atoms with Crippen LogP contribution in [-0.2, 0) is 28.9 Å². The van der Waals surface area contributed by atoms with Crippen LogP contribution in [0.1, 0.15) is 56.2 Å². The normalized spacial score (nSPS) is 21.3. The van der Waals surface area contributed by atoms with E-state index >= 15 is 0 Å². The molecule has 0 radical (unpaired) electrons. The molecule has 1 amide bonds. The molecule has 2 aromatic rings. The molecule has 3 aliphatic rings. The number of carbonyl (C=O) groups is 2. The van der Waals surface area contributed by atoms with Crippen LogP contribution in [0.2, 0.25) is 0 Å². The first-order chi connectivity index (χ1) is 15.7. The summed E-state index contributed by atoms with van der Waals surface area (Å²) in [6.45, 7) is 4.54. The molecule has 1 saturated heterocycles. The third-order valence-electron chi connectivity index (χ3n) is 7.11. The fourth-order valence-corrected chi connectivity index (χ4v) is 5.30. The Kier molecular flexibility index (Phi) is 5.34. The number of carboxylic acids is 1. The minimum Gasteiger partial charge on any atom is -0.487 e. The number of hydrogen-bond donors (Lipinski definition) is 1. The number of rotatable bonds is 4. The number of aryl methyl sites for hydroxylation is 2. The maximum absolute atomic E-state index is 12.9. The first-order valence-corrected chi connectivity index (χ1v) is 11.7. The van der Waals surface area contributed by atoms with E-state index in [1.165, 1.54) is 0 Å². The van der Waals surface area contributed by atoms with Crippen molar-refractivity contribution in [3.05, 3.63) is 33.2 Å². The lowest BCUT2D eigenvalue weighted by atomic mass is 9.91. The predicted octanol–water partition coefficient (Wildman–Crippen LogP) is 3.09. The van der Waals surface area contributed by atoms with Crippen molar-refractivity contribution in [1.82, 2.24) is 4.90 Å². The summed E-state index contributed by atoms with van der Waals surface area (Å²) < 4.78 is 18.0. The number of fused-ring (bicyclic) bond motifs is 5. The Morgan fingerprint density at radius 3 is 2.76 bits per heavy atom. The van der Waals surface area contributed by atoms with E-state index in [9.17, 15) is 19.5 Å². The van der Waals surface area contributed by atoms with Crippen LogP contribution < -0.4 is 15.1 Å². The summed E-state index contributed by atoms with van der Waals surface area (Å²) in [4.78, 5) is 38.4. The molecule has 0 bridgehead atoms. The lowest BCUT2D eigenvalue weighted by molar-refractivity contribution is -0.146. The van der Waals surface area contributed by atoms with E-state index in [2.05, 4.69) is 0 Å². The van der Waals surface area contributed by atoms with Gasteiger partial charge in [0.05, 0.1) is 11.3 Å². The Morgan fingerprint density at radius 1 is 1.18 bits per heavy atom. The summed E-state index contributed by atoms with van der Waals surface area (Å²) in [6, 6.07) is 1.82. The van der Waals surface area contributed by atoms with Crippen molar-refractivity contribution in [2.75, 3.05) is 19.7 Å². The van der Waals surface area contributed by atoms with Gasteiger partial charge in [-0.3, -0.25) is 9.59 Å². The van der Waals surface area contributed by atoms with Gasteiger partial charge < -0.3 is 23.9 Å². The van der Waals surface area contributed by atoms with E-state index in [0.717, 1.165) is 42.2 Å². The van der Waals surface area contributed by atoms with Crippen LogP contribution >= 0.6 is 0 Å². The Labute approximate surface area is 191 Å². The van der Waals surface area contributed by atoms with E-state index in [0.29, 0.717) is 48.5 Å². The standard InChI is InChI=1S/C25H29NO7/c1-25(2)9-8-17-18(33-25)11-19(21-15-6-3-7-16(15)24(30)32-22(17)21)31-13-20(27)26-10-4-5-14(12-26)23(28)29/h11,14H,3-10,12-13H2,1-2H3,(H,28,29). The average Bonchev–Trinajstić information content (AvgIpc) is 3.27. The van der Waals surface area contributed by atoms with Gasteiger partial charge in [0.15, 0.2) is 6.61 Å². The highest BCUT2D eigenvalue weighted by Crippen LogP contribution is 2.44. The summed E-state index contributed by atoms with van der Waals surface area (Å²) in [7, 11) is 0. The van der Waals surface area contributed by atoms with Crippen LogP contribution in [0.25, 0.3) is 11.0 Å². The summed E-state index contributed by atoms with van der Waals surface area (Å²) >= 11 is 0. The molecule has 5 rings (SSSR count). The Balaban J connectivity index is 1.50. The molecule has 8 heteroatoms. The van der Waals surface area contributed by atoms with Crippen LogP contribution in [0.4, 0.5) is 0 Å². The number of carboxylic acid groups (broad SMARTS) is 1. The average molecular weight is 456 g/mol. The van der Waals surface area contributed by atoms with Crippen molar-refractivity contribution in [3.8, 4) is 11.5 Å². The van der Waals surface area contributed by atoms with Crippen LogP contribution in [-0.4, -0.2) is 47.2 Å². The highest BCUT2D eigenvalue weighted by atomic mass is 16.5. The number of hydrogen-bond acceptors (Lipinski definition) is 6. The molecule has 3 heterocycles. The van der Waals surface area contributed by atoms with Crippen LogP contribution in [0.5, 0.6) is 11.5 Å². The van der Waals surface area contributed by atoms with E-state index in [1.807, 2.05) is 19.9 Å². The van der Waals surface area contributed by atoms with E-state index in [1.54, 1.807) is 4.90 Å². The third kappa shape index (κ3) is 3.96. The molecular weight excluding hydrogens is 426 g/mol. The molecule has 0 spiro atoms. The van der Waals surface area contributed by atoms with Crippen molar-refractivity contribution in [2.24, 2.45) is 5.92 Å². The summed E-state index contributed by atoms with van der Waals surface area (Å²) in [5.41, 5.74) is 2.35. The lowest BCUT2D eigenvalue weighted by Crippen LogP contribution is -2.44. The lowest BCUT2D eigenvalue weighted by Gasteiger charge is -2.33. The summed E-state index contributed by atoms with van der Waals surface area (Å²) in [5, 5.41) is 10.1. The number of benzene rings is 1. The van der Waals surface area contributed by atoms with E-state index in [-0.39, 0.29) is 30.3 Å². The number of ether oxygens (including phenoxy) is 2. The second kappa shape index (κ2) is 8.08. The zero-order chi connectivity index (χ0) is 23.3. The van der Waals surface area contributed by atoms with Gasteiger partial charge in [-0.2, -0.15) is 0 Å². The van der Waals surface area contributed by atoms with Crippen molar-refractivity contribution in [2.45, 2.75) is 64.4 Å². The minimum atomic E-state index is -0.876. The van der Waals surface area contributed by atoms with Crippen LogP contribution in [0.3, 0.4) is 0 Å². The van der Waals surface area contributed by atoms with Gasteiger partial charge in [-0.1, -0.05) is 0 Å². The molecule has 1 aliphatic carbocycles. The molecule has 1 aromatic heterocycles. The zero-order valence-corrected chi connectivity index (χ0v) is 19.1. The Bertz CT molecular complexity index is 1200. The summed E-state index contributed by atoms with van der Waals surface area (Å²) in [5.74, 6) is -0.572. The summed E-state index contributed by atoms with van der Waals surface area (Å²) in [6.07, 6.45) is 5.08. The molecule has 2 aliphatic heterocycles. The van der Waals surface area contributed by atoms with Crippen molar-refractivity contribution >= 4 is 22.8 Å². The first kappa shape index (κ1) is 21.8. The van der Waals surface area contributed by atoms with Gasteiger partial charge in [0.25, 0.3) is 5.91 Å². The molecule has 1 fully saturated rings.